The van der Waals surface area contributed by atoms with Gasteiger partial charge in [-0.2, -0.15) is 13.2 Å². The maximum absolute atomic E-state index is 13.4. The van der Waals surface area contributed by atoms with E-state index in [1.807, 2.05) is 17.0 Å². The molecule has 3 N–H and O–H groups in total. The van der Waals surface area contributed by atoms with Crippen molar-refractivity contribution in [2.45, 2.75) is 31.1 Å². The van der Waals surface area contributed by atoms with Crippen molar-refractivity contribution in [3.63, 3.8) is 0 Å². The van der Waals surface area contributed by atoms with Gasteiger partial charge in [-0.3, -0.25) is 9.69 Å². The summed E-state index contributed by atoms with van der Waals surface area (Å²) in [5.74, 6) is -0.894. The van der Waals surface area contributed by atoms with Crippen LogP contribution in [0.15, 0.2) is 36.7 Å². The number of alkyl halides is 3. The lowest BCUT2D eigenvalue weighted by Crippen LogP contribution is -2.44. The van der Waals surface area contributed by atoms with E-state index in [1.165, 1.54) is 0 Å². The van der Waals surface area contributed by atoms with Crippen LogP contribution in [0, 0.1) is 0 Å². The van der Waals surface area contributed by atoms with Crippen molar-refractivity contribution in [1.29, 1.82) is 0 Å². The topological polar surface area (TPSA) is 104 Å². The summed E-state index contributed by atoms with van der Waals surface area (Å²) in [5, 5.41) is 10.6. The van der Waals surface area contributed by atoms with Crippen molar-refractivity contribution in [2.24, 2.45) is 0 Å². The molecule has 13 heteroatoms. The Morgan fingerprint density at radius 2 is 1.95 bits per heavy atom. The minimum atomic E-state index is -4.64. The third kappa shape index (κ3) is 6.57. The van der Waals surface area contributed by atoms with Gasteiger partial charge in [0.15, 0.2) is 0 Å². The van der Waals surface area contributed by atoms with Gasteiger partial charge in [0.05, 0.1) is 35.4 Å². The highest BCUT2D eigenvalue weighted by Crippen LogP contribution is 2.29. The van der Waals surface area contributed by atoms with Crippen LogP contribution in [0.4, 0.5) is 19.0 Å². The lowest BCUT2D eigenvalue weighted by molar-refractivity contribution is -0.145. The number of pyridine rings is 1. The molecule has 1 aromatic carbocycles. The molecule has 1 amide bonds. The zero-order valence-electron chi connectivity index (χ0n) is 21.1. The molecule has 0 aliphatic carbocycles. The van der Waals surface area contributed by atoms with Gasteiger partial charge in [0.2, 0.25) is 5.82 Å². The first-order valence-corrected chi connectivity index (χ1v) is 13.2. The molecule has 2 aliphatic rings. The number of piperidine rings is 1. The van der Waals surface area contributed by atoms with Crippen LogP contribution in [0.25, 0.3) is 10.9 Å². The maximum Gasteiger partial charge on any atom is 0.451 e. The molecular weight excluding hydrogens is 535 g/mol. The lowest BCUT2D eigenvalue weighted by atomic mass is 10.1. The number of amides is 1. The summed E-state index contributed by atoms with van der Waals surface area (Å²) >= 11 is 6.47. The third-order valence-corrected chi connectivity index (χ3v) is 7.26. The SMILES string of the molecule is O=C(NCC(c1cnc(C(F)(F)F)nc1)N1CCOCC1)c1c(Cl)ccc2nc(N[C@@H]3CCCNC3)ccc12. The van der Waals surface area contributed by atoms with Gasteiger partial charge in [-0.05, 0) is 43.7 Å². The Kier molecular flexibility index (Phi) is 8.46. The van der Waals surface area contributed by atoms with E-state index in [2.05, 4.69) is 30.9 Å². The van der Waals surface area contributed by atoms with Gasteiger partial charge in [-0.15, -0.1) is 0 Å². The molecule has 1 unspecified atom stereocenters. The van der Waals surface area contributed by atoms with Crippen LogP contribution >= 0.6 is 11.6 Å². The van der Waals surface area contributed by atoms with E-state index in [1.54, 1.807) is 12.1 Å². The summed E-state index contributed by atoms with van der Waals surface area (Å²) in [6, 6.07) is 6.90. The first kappa shape index (κ1) is 27.5. The number of carbonyl (C=O) groups is 1. The number of nitrogens with one attached hydrogen (secondary N) is 3. The van der Waals surface area contributed by atoms with Crippen LogP contribution in [0.5, 0.6) is 0 Å². The quantitative estimate of drug-likeness (QED) is 0.400. The van der Waals surface area contributed by atoms with Crippen LogP contribution in [-0.4, -0.2) is 77.7 Å². The number of nitrogens with zero attached hydrogens (tertiary/aromatic N) is 4. The van der Waals surface area contributed by atoms with Crippen molar-refractivity contribution in [1.82, 2.24) is 30.5 Å². The zero-order valence-corrected chi connectivity index (χ0v) is 21.9. The van der Waals surface area contributed by atoms with Crippen LogP contribution in [0.3, 0.4) is 0 Å². The number of carbonyl (C=O) groups excluding carboxylic acids is 1. The molecule has 0 spiro atoms. The summed E-state index contributed by atoms with van der Waals surface area (Å²) in [6.45, 7) is 4.03. The van der Waals surface area contributed by atoms with Gasteiger partial charge in [0.1, 0.15) is 5.82 Å². The molecule has 39 heavy (non-hydrogen) atoms. The second kappa shape index (κ2) is 12.0. The van der Waals surface area contributed by atoms with Gasteiger partial charge >= 0.3 is 6.18 Å². The number of fused-ring (bicyclic) bond motifs is 1. The van der Waals surface area contributed by atoms with E-state index in [0.29, 0.717) is 42.8 Å². The van der Waals surface area contributed by atoms with Gasteiger partial charge in [0.25, 0.3) is 5.91 Å². The van der Waals surface area contributed by atoms with Gasteiger partial charge in [-0.1, -0.05) is 11.6 Å². The fourth-order valence-corrected chi connectivity index (χ4v) is 5.20. The number of aromatic nitrogens is 3. The predicted molar refractivity (Wildman–Crippen MR) is 141 cm³/mol. The number of rotatable bonds is 7. The number of halogens is 4. The molecule has 3 aromatic rings. The average molecular weight is 564 g/mol. The summed E-state index contributed by atoms with van der Waals surface area (Å²) in [5.41, 5.74) is 1.37. The maximum atomic E-state index is 13.4. The van der Waals surface area contributed by atoms with E-state index < -0.39 is 23.9 Å². The first-order chi connectivity index (χ1) is 18.8. The zero-order chi connectivity index (χ0) is 27.4. The van der Waals surface area contributed by atoms with Gasteiger partial charge < -0.3 is 20.7 Å². The molecule has 2 atom stereocenters. The molecule has 4 heterocycles. The Morgan fingerprint density at radius 3 is 2.64 bits per heavy atom. The fourth-order valence-electron chi connectivity index (χ4n) is 4.95. The summed E-state index contributed by atoms with van der Waals surface area (Å²) < 4.78 is 44.4. The second-order valence-electron chi connectivity index (χ2n) is 9.59. The number of ether oxygens (including phenoxy) is 1. The highest BCUT2D eigenvalue weighted by atomic mass is 35.5. The van der Waals surface area contributed by atoms with Gasteiger partial charge in [-0.25, -0.2) is 15.0 Å². The Balaban J connectivity index is 1.35. The summed E-state index contributed by atoms with van der Waals surface area (Å²) in [7, 11) is 0. The van der Waals surface area contributed by atoms with Crippen LogP contribution in [0.2, 0.25) is 5.02 Å². The molecule has 2 fully saturated rings. The molecule has 5 rings (SSSR count). The van der Waals surface area contributed by atoms with Crippen molar-refractivity contribution >= 4 is 34.2 Å². The number of anilines is 1. The van der Waals surface area contributed by atoms with Gasteiger partial charge in [0, 0.05) is 55.6 Å². The highest BCUT2D eigenvalue weighted by molar-refractivity contribution is 6.35. The molecule has 208 valence electrons. The van der Waals surface area contributed by atoms with Crippen LogP contribution in [0.1, 0.15) is 40.6 Å². The molecule has 2 saturated heterocycles. The molecule has 2 aromatic heterocycles. The standard InChI is InChI=1S/C26H29ClF3N7O2/c27-19-4-5-20-18(3-6-22(36-20)35-17-2-1-7-31-14-17)23(19)24(38)32-15-21(37-8-10-39-11-9-37)16-12-33-25(34-13-16)26(28,29)30/h3-6,12-13,17,21,31H,1-2,7-11,14-15H2,(H,32,38)(H,35,36)/t17-,21?/m1/s1. The van der Waals surface area contributed by atoms with Crippen molar-refractivity contribution in [2.75, 3.05) is 51.3 Å². The van der Waals surface area contributed by atoms with Crippen molar-refractivity contribution in [3.05, 3.63) is 58.6 Å². The molecule has 0 bridgehead atoms. The molecule has 0 saturated carbocycles. The van der Waals surface area contributed by atoms with Crippen molar-refractivity contribution < 1.29 is 22.7 Å². The van der Waals surface area contributed by atoms with E-state index >= 15 is 0 Å². The normalized spacial score (nSPS) is 19.5. The number of benzene rings is 1. The summed E-state index contributed by atoms with van der Waals surface area (Å²) in [6.07, 6.45) is -0.173. The smallest absolute Gasteiger partial charge is 0.379 e. The molecular formula is C26H29ClF3N7O2. The second-order valence-corrected chi connectivity index (χ2v) is 9.99. The Bertz CT molecular complexity index is 1300. The van der Waals surface area contributed by atoms with E-state index in [4.69, 9.17) is 16.3 Å². The van der Waals surface area contributed by atoms with Crippen molar-refractivity contribution in [3.8, 4) is 0 Å². The number of hydrogen-bond acceptors (Lipinski definition) is 8. The number of morpholine rings is 1. The minimum absolute atomic E-state index is 0.113. The van der Waals surface area contributed by atoms with Crippen LogP contribution in [-0.2, 0) is 10.9 Å². The molecule has 0 radical (unpaired) electrons. The first-order valence-electron chi connectivity index (χ1n) is 12.9. The van der Waals surface area contributed by atoms with Crippen LogP contribution < -0.4 is 16.0 Å². The lowest BCUT2D eigenvalue weighted by Gasteiger charge is -2.34. The van der Waals surface area contributed by atoms with E-state index in [9.17, 15) is 18.0 Å². The van der Waals surface area contributed by atoms with E-state index in [0.717, 1.165) is 44.1 Å². The highest BCUT2D eigenvalue weighted by Gasteiger charge is 2.35. The molecule has 2 aliphatic heterocycles. The molecule has 9 nitrogen and oxygen atoms in total. The Labute approximate surface area is 228 Å². The predicted octanol–water partition coefficient (Wildman–Crippen LogP) is 3.66. The monoisotopic (exact) mass is 563 g/mol. The Hall–Kier alpha value is -3.06. The third-order valence-electron chi connectivity index (χ3n) is 6.95. The fraction of sp³-hybridized carbons (Fsp3) is 0.462. The number of hydrogen-bond donors (Lipinski definition) is 3. The average Bonchev–Trinajstić information content (AvgIpc) is 2.94. The minimum Gasteiger partial charge on any atom is -0.379 e. The summed E-state index contributed by atoms with van der Waals surface area (Å²) in [4.78, 5) is 27.2. The Morgan fingerprint density at radius 1 is 1.18 bits per heavy atom. The largest absolute Gasteiger partial charge is 0.451 e. The van der Waals surface area contributed by atoms with E-state index in [-0.39, 0.29) is 23.2 Å².